The highest BCUT2D eigenvalue weighted by molar-refractivity contribution is 5.92. The van der Waals surface area contributed by atoms with E-state index in [-0.39, 0.29) is 36.2 Å². The van der Waals surface area contributed by atoms with Crippen LogP contribution in [0.3, 0.4) is 0 Å². The van der Waals surface area contributed by atoms with Crippen molar-refractivity contribution in [3.05, 3.63) is 34.4 Å². The Hall–Kier alpha value is -2.68. The first-order chi connectivity index (χ1) is 14.4. The molecule has 0 spiro atoms. The molecule has 1 fully saturated rings. The van der Waals surface area contributed by atoms with Crippen molar-refractivity contribution in [1.82, 2.24) is 9.80 Å². The van der Waals surface area contributed by atoms with E-state index in [2.05, 4.69) is 10.2 Å². The SMILES string of the molecule is CC(C)N(CC1CCCN(CC(=O)Nc2ccc([N+](=O)[O-])cc2)C1)C(=O)OC(C)(C)C. The first kappa shape index (κ1) is 24.6. The number of nitro benzene ring substituents is 1. The number of benzene rings is 1. The topological polar surface area (TPSA) is 105 Å². The van der Waals surface area contributed by atoms with Crippen LogP contribution in [0.2, 0.25) is 0 Å². The van der Waals surface area contributed by atoms with Gasteiger partial charge in [-0.1, -0.05) is 0 Å². The molecule has 2 rings (SSSR count). The molecule has 1 saturated heterocycles. The van der Waals surface area contributed by atoms with Gasteiger partial charge in [0.25, 0.3) is 5.69 Å². The predicted octanol–water partition coefficient (Wildman–Crippen LogP) is 3.89. The maximum Gasteiger partial charge on any atom is 0.410 e. The minimum atomic E-state index is -0.543. The summed E-state index contributed by atoms with van der Waals surface area (Å²) in [6, 6.07) is 5.80. The third kappa shape index (κ3) is 8.16. The molecule has 1 aliphatic rings. The summed E-state index contributed by atoms with van der Waals surface area (Å²) < 4.78 is 5.55. The van der Waals surface area contributed by atoms with Crippen molar-refractivity contribution < 1.29 is 19.2 Å². The number of amides is 2. The van der Waals surface area contributed by atoms with Gasteiger partial charge >= 0.3 is 6.09 Å². The summed E-state index contributed by atoms with van der Waals surface area (Å²) in [7, 11) is 0. The van der Waals surface area contributed by atoms with Crippen molar-refractivity contribution in [1.29, 1.82) is 0 Å². The quantitative estimate of drug-likeness (QED) is 0.516. The Morgan fingerprint density at radius 3 is 2.48 bits per heavy atom. The van der Waals surface area contributed by atoms with Crippen molar-refractivity contribution in [3.8, 4) is 0 Å². The molecular formula is C22H34N4O5. The first-order valence-corrected chi connectivity index (χ1v) is 10.7. The number of piperidine rings is 1. The summed E-state index contributed by atoms with van der Waals surface area (Å²) in [6.45, 7) is 11.9. The smallest absolute Gasteiger partial charge is 0.410 e. The summed E-state index contributed by atoms with van der Waals surface area (Å²) in [5, 5.41) is 13.5. The van der Waals surface area contributed by atoms with Crippen LogP contribution in [0.4, 0.5) is 16.2 Å². The highest BCUT2D eigenvalue weighted by Crippen LogP contribution is 2.21. The molecular weight excluding hydrogens is 400 g/mol. The minimum Gasteiger partial charge on any atom is -0.444 e. The Morgan fingerprint density at radius 2 is 1.94 bits per heavy atom. The van der Waals surface area contributed by atoms with Gasteiger partial charge in [-0.05, 0) is 72.1 Å². The lowest BCUT2D eigenvalue weighted by atomic mass is 9.97. The summed E-state index contributed by atoms with van der Waals surface area (Å²) in [4.78, 5) is 39.1. The average Bonchev–Trinajstić information content (AvgIpc) is 2.65. The molecule has 31 heavy (non-hydrogen) atoms. The molecule has 0 aliphatic carbocycles. The molecule has 0 aromatic heterocycles. The molecule has 1 aromatic rings. The van der Waals surface area contributed by atoms with Gasteiger partial charge in [0.15, 0.2) is 0 Å². The van der Waals surface area contributed by atoms with Gasteiger partial charge in [0.2, 0.25) is 5.91 Å². The molecule has 1 aromatic carbocycles. The van der Waals surface area contributed by atoms with Crippen LogP contribution in [0.15, 0.2) is 24.3 Å². The van der Waals surface area contributed by atoms with E-state index in [0.717, 1.165) is 25.9 Å². The number of likely N-dealkylation sites (tertiary alicyclic amines) is 1. The van der Waals surface area contributed by atoms with Crippen LogP contribution in [0.25, 0.3) is 0 Å². The van der Waals surface area contributed by atoms with Crippen molar-refractivity contribution in [2.24, 2.45) is 5.92 Å². The fraction of sp³-hybridized carbons (Fsp3) is 0.636. The standard InChI is InChI=1S/C22H34N4O5/c1-16(2)25(21(28)31-22(3,4)5)14-17-7-6-12-24(13-17)15-20(27)23-18-8-10-19(11-9-18)26(29)30/h8-11,16-17H,6-7,12-15H2,1-5H3,(H,23,27). The zero-order chi connectivity index (χ0) is 23.2. The maximum atomic E-state index is 12.6. The van der Waals surface area contributed by atoms with Crippen LogP contribution < -0.4 is 5.32 Å². The number of hydrogen-bond acceptors (Lipinski definition) is 6. The number of hydrogen-bond donors (Lipinski definition) is 1. The lowest BCUT2D eigenvalue weighted by Crippen LogP contribution is -2.48. The third-order valence-electron chi connectivity index (χ3n) is 5.04. The van der Waals surface area contributed by atoms with Crippen molar-refractivity contribution in [3.63, 3.8) is 0 Å². The van der Waals surface area contributed by atoms with Crippen LogP contribution >= 0.6 is 0 Å². The van der Waals surface area contributed by atoms with Crippen LogP contribution in [-0.2, 0) is 9.53 Å². The average molecular weight is 435 g/mol. The highest BCUT2D eigenvalue weighted by Gasteiger charge is 2.29. The molecule has 0 saturated carbocycles. The first-order valence-electron chi connectivity index (χ1n) is 10.7. The molecule has 172 valence electrons. The van der Waals surface area contributed by atoms with Crippen molar-refractivity contribution in [2.75, 3.05) is 31.5 Å². The van der Waals surface area contributed by atoms with Gasteiger partial charge in [-0.25, -0.2) is 4.79 Å². The van der Waals surface area contributed by atoms with Gasteiger partial charge in [-0.15, -0.1) is 0 Å². The number of nitrogens with one attached hydrogen (secondary N) is 1. The van der Waals surface area contributed by atoms with E-state index in [4.69, 9.17) is 4.74 Å². The third-order valence-corrected chi connectivity index (χ3v) is 5.04. The Bertz CT molecular complexity index is 773. The molecule has 1 N–H and O–H groups in total. The fourth-order valence-corrected chi connectivity index (χ4v) is 3.61. The van der Waals surface area contributed by atoms with Crippen LogP contribution in [0.5, 0.6) is 0 Å². The number of non-ortho nitro benzene ring substituents is 1. The highest BCUT2D eigenvalue weighted by atomic mass is 16.6. The number of ether oxygens (including phenoxy) is 1. The van der Waals surface area contributed by atoms with Crippen molar-refractivity contribution >= 4 is 23.4 Å². The Labute approximate surface area is 183 Å². The second-order valence-corrected chi connectivity index (χ2v) is 9.32. The second kappa shape index (κ2) is 10.6. The molecule has 0 radical (unpaired) electrons. The van der Waals surface area contributed by atoms with Gasteiger partial charge in [0.05, 0.1) is 11.5 Å². The van der Waals surface area contributed by atoms with E-state index in [1.54, 1.807) is 4.90 Å². The Balaban J connectivity index is 1.89. The molecule has 1 heterocycles. The zero-order valence-electron chi connectivity index (χ0n) is 19.1. The molecule has 1 aliphatic heterocycles. The predicted molar refractivity (Wildman–Crippen MR) is 119 cm³/mol. The molecule has 0 bridgehead atoms. The van der Waals surface area contributed by atoms with Crippen molar-refractivity contribution in [2.45, 2.75) is 59.1 Å². The summed E-state index contributed by atoms with van der Waals surface area (Å²) in [6.07, 6.45) is 1.64. The summed E-state index contributed by atoms with van der Waals surface area (Å²) in [5.41, 5.74) is -0.0321. The number of carbonyl (C=O) groups is 2. The Kier molecular flexibility index (Phi) is 8.38. The van der Waals surface area contributed by atoms with Crippen LogP contribution in [0.1, 0.15) is 47.5 Å². The van der Waals surface area contributed by atoms with E-state index in [0.29, 0.717) is 12.2 Å². The largest absolute Gasteiger partial charge is 0.444 e. The zero-order valence-corrected chi connectivity index (χ0v) is 19.1. The van der Waals surface area contributed by atoms with Gasteiger partial charge < -0.3 is 15.0 Å². The number of nitrogens with zero attached hydrogens (tertiary/aromatic N) is 3. The second-order valence-electron chi connectivity index (χ2n) is 9.32. The number of carbonyl (C=O) groups excluding carboxylic acids is 2. The summed E-state index contributed by atoms with van der Waals surface area (Å²) >= 11 is 0. The van der Waals surface area contributed by atoms with E-state index in [1.807, 2.05) is 34.6 Å². The molecule has 9 nitrogen and oxygen atoms in total. The van der Waals surface area contributed by atoms with E-state index in [9.17, 15) is 19.7 Å². The number of anilines is 1. The molecule has 1 atom stereocenters. The molecule has 1 unspecified atom stereocenters. The van der Waals surface area contributed by atoms with Crippen LogP contribution in [0, 0.1) is 16.0 Å². The van der Waals surface area contributed by atoms with Gasteiger partial charge in [-0.2, -0.15) is 0 Å². The molecule has 9 heteroatoms. The minimum absolute atomic E-state index is 0.0171. The van der Waals surface area contributed by atoms with E-state index < -0.39 is 10.5 Å². The Morgan fingerprint density at radius 1 is 1.29 bits per heavy atom. The summed E-state index contributed by atoms with van der Waals surface area (Å²) in [5.74, 6) is 0.0956. The number of rotatable bonds is 7. The maximum absolute atomic E-state index is 12.6. The van der Waals surface area contributed by atoms with Crippen LogP contribution in [-0.4, -0.2) is 64.5 Å². The molecule has 2 amide bonds. The van der Waals surface area contributed by atoms with Gasteiger partial charge in [-0.3, -0.25) is 19.8 Å². The monoisotopic (exact) mass is 434 g/mol. The van der Waals surface area contributed by atoms with Gasteiger partial charge in [0, 0.05) is 37.0 Å². The van der Waals surface area contributed by atoms with Gasteiger partial charge in [0.1, 0.15) is 5.60 Å². The lowest BCUT2D eigenvalue weighted by molar-refractivity contribution is -0.384. The van der Waals surface area contributed by atoms with E-state index in [1.165, 1.54) is 24.3 Å². The lowest BCUT2D eigenvalue weighted by Gasteiger charge is -2.37. The van der Waals surface area contributed by atoms with E-state index >= 15 is 0 Å². The number of nitro groups is 1. The fourth-order valence-electron chi connectivity index (χ4n) is 3.61. The normalized spacial score (nSPS) is 17.3.